The van der Waals surface area contributed by atoms with Crippen LogP contribution in [0.1, 0.15) is 41.2 Å². The fourth-order valence-corrected chi connectivity index (χ4v) is 3.60. The van der Waals surface area contributed by atoms with E-state index in [-0.39, 0.29) is 5.95 Å². The molecule has 1 aliphatic carbocycles. The van der Waals surface area contributed by atoms with Crippen LogP contribution < -0.4 is 11.1 Å². The van der Waals surface area contributed by atoms with Crippen LogP contribution in [0, 0.1) is 20.8 Å². The highest BCUT2D eigenvalue weighted by molar-refractivity contribution is 5.54. The number of nitrogens with one attached hydrogen (secondary N) is 1. The van der Waals surface area contributed by atoms with E-state index < -0.39 is 0 Å². The molecule has 0 radical (unpaired) electrons. The second kappa shape index (κ2) is 7.79. The zero-order valence-corrected chi connectivity index (χ0v) is 17.5. The van der Waals surface area contributed by atoms with Crippen molar-refractivity contribution in [1.29, 1.82) is 0 Å². The minimum Gasteiger partial charge on any atom is -0.368 e. The van der Waals surface area contributed by atoms with E-state index >= 15 is 0 Å². The lowest BCUT2D eigenvalue weighted by Crippen LogP contribution is -2.27. The topological polar surface area (TPSA) is 97.8 Å². The predicted molar refractivity (Wildman–Crippen MR) is 114 cm³/mol. The molecule has 1 aliphatic rings. The summed E-state index contributed by atoms with van der Waals surface area (Å²) >= 11 is 0. The maximum Gasteiger partial charge on any atom is 0.232 e. The quantitative estimate of drug-likeness (QED) is 0.638. The molecule has 0 spiro atoms. The zero-order valence-electron chi connectivity index (χ0n) is 17.5. The molecule has 1 saturated carbocycles. The Labute approximate surface area is 171 Å². The van der Waals surface area contributed by atoms with Gasteiger partial charge in [0.25, 0.3) is 0 Å². The number of hydrogen-bond acceptors (Lipinski definition) is 7. The van der Waals surface area contributed by atoms with Gasteiger partial charge in [-0.1, -0.05) is 12.1 Å². The molecule has 3 N–H and O–H groups in total. The number of nitrogen functional groups attached to an aromatic ring is 1. The van der Waals surface area contributed by atoms with Crippen molar-refractivity contribution >= 4 is 17.6 Å². The fraction of sp³-hybridized carbons (Fsp3) is 0.429. The van der Waals surface area contributed by atoms with Crippen LogP contribution in [0.2, 0.25) is 0 Å². The number of aromatic nitrogens is 5. The highest BCUT2D eigenvalue weighted by atomic mass is 15.3. The standard InChI is InChI=1S/C21H28N8/c1-13-6-5-7-16(10-13)23-21-25-19(24-20(22)26-21)12-29(17-8-9-17)11-18-14(2)27-28(4)15(18)3/h5-7,10,17H,8-9,11-12H2,1-4H3,(H3,22,23,24,25,26). The van der Waals surface area contributed by atoms with Crippen LogP contribution in [0.5, 0.6) is 0 Å². The average molecular weight is 393 g/mol. The van der Waals surface area contributed by atoms with E-state index in [0.29, 0.717) is 24.4 Å². The molecule has 0 aliphatic heterocycles. The van der Waals surface area contributed by atoms with Gasteiger partial charge in [0, 0.05) is 36.6 Å². The van der Waals surface area contributed by atoms with Gasteiger partial charge in [-0.05, 0) is 51.3 Å². The summed E-state index contributed by atoms with van der Waals surface area (Å²) in [6.45, 7) is 7.70. The van der Waals surface area contributed by atoms with Crippen LogP contribution >= 0.6 is 0 Å². The van der Waals surface area contributed by atoms with Gasteiger partial charge >= 0.3 is 0 Å². The number of nitrogens with zero attached hydrogens (tertiary/aromatic N) is 6. The van der Waals surface area contributed by atoms with E-state index in [9.17, 15) is 0 Å². The Morgan fingerprint density at radius 1 is 1.14 bits per heavy atom. The van der Waals surface area contributed by atoms with Gasteiger partial charge in [-0.15, -0.1) is 0 Å². The van der Waals surface area contributed by atoms with Crippen LogP contribution in [0.4, 0.5) is 17.6 Å². The van der Waals surface area contributed by atoms with E-state index in [0.717, 1.165) is 17.9 Å². The molecule has 3 aromatic rings. The minimum atomic E-state index is 0.231. The molecule has 4 rings (SSSR count). The maximum absolute atomic E-state index is 5.98. The second-order valence-electron chi connectivity index (χ2n) is 7.84. The lowest BCUT2D eigenvalue weighted by Gasteiger charge is -2.21. The predicted octanol–water partition coefficient (Wildman–Crippen LogP) is 3.02. The Balaban J connectivity index is 1.54. The Kier molecular flexibility index (Phi) is 5.19. The van der Waals surface area contributed by atoms with E-state index in [1.165, 1.54) is 29.7 Å². The molecule has 0 amide bonds. The van der Waals surface area contributed by atoms with Crippen molar-refractivity contribution in [3.63, 3.8) is 0 Å². The van der Waals surface area contributed by atoms with E-state index in [1.54, 1.807) is 0 Å². The van der Waals surface area contributed by atoms with Crippen LogP contribution in [0.15, 0.2) is 24.3 Å². The molecule has 0 unspecified atom stereocenters. The van der Waals surface area contributed by atoms with Gasteiger partial charge in [-0.2, -0.15) is 20.1 Å². The first-order valence-electron chi connectivity index (χ1n) is 9.96. The SMILES string of the molecule is Cc1cccc(Nc2nc(N)nc(CN(Cc3c(C)nn(C)c3C)C3CC3)n2)c1. The summed E-state index contributed by atoms with van der Waals surface area (Å²) < 4.78 is 1.94. The van der Waals surface area contributed by atoms with Gasteiger partial charge in [0.1, 0.15) is 5.82 Å². The van der Waals surface area contributed by atoms with Crippen LogP contribution in [0.3, 0.4) is 0 Å². The van der Waals surface area contributed by atoms with Crippen molar-refractivity contribution in [2.45, 2.75) is 52.7 Å². The third kappa shape index (κ3) is 4.54. The lowest BCUT2D eigenvalue weighted by atomic mass is 10.2. The summed E-state index contributed by atoms with van der Waals surface area (Å²) in [6.07, 6.45) is 2.40. The molecule has 2 heterocycles. The van der Waals surface area contributed by atoms with Crippen molar-refractivity contribution in [3.8, 4) is 0 Å². The molecule has 29 heavy (non-hydrogen) atoms. The van der Waals surface area contributed by atoms with E-state index in [1.807, 2.05) is 42.9 Å². The van der Waals surface area contributed by atoms with Crippen molar-refractivity contribution in [2.75, 3.05) is 11.1 Å². The highest BCUT2D eigenvalue weighted by Gasteiger charge is 2.31. The van der Waals surface area contributed by atoms with Crippen molar-refractivity contribution in [1.82, 2.24) is 29.6 Å². The van der Waals surface area contributed by atoms with Gasteiger partial charge in [-0.3, -0.25) is 9.58 Å². The largest absolute Gasteiger partial charge is 0.368 e. The molecule has 1 aromatic carbocycles. The van der Waals surface area contributed by atoms with Gasteiger partial charge < -0.3 is 11.1 Å². The summed E-state index contributed by atoms with van der Waals surface area (Å²) in [7, 11) is 1.99. The summed E-state index contributed by atoms with van der Waals surface area (Å²) in [6, 6.07) is 8.63. The third-order valence-corrected chi connectivity index (χ3v) is 5.40. The van der Waals surface area contributed by atoms with Crippen LogP contribution in [-0.4, -0.2) is 35.7 Å². The number of rotatable bonds is 7. The number of anilines is 3. The first-order valence-corrected chi connectivity index (χ1v) is 9.96. The van der Waals surface area contributed by atoms with Crippen molar-refractivity contribution in [2.24, 2.45) is 7.05 Å². The first-order chi connectivity index (χ1) is 13.9. The summed E-state index contributed by atoms with van der Waals surface area (Å²) in [4.78, 5) is 15.7. The van der Waals surface area contributed by atoms with Crippen molar-refractivity contribution < 1.29 is 0 Å². The Bertz CT molecular complexity index is 1020. The maximum atomic E-state index is 5.98. The first kappa shape index (κ1) is 19.3. The lowest BCUT2D eigenvalue weighted by molar-refractivity contribution is 0.238. The normalized spacial score (nSPS) is 13.8. The number of hydrogen-bond donors (Lipinski definition) is 2. The zero-order chi connectivity index (χ0) is 20.5. The number of benzene rings is 1. The van der Waals surface area contributed by atoms with Gasteiger partial charge in [0.2, 0.25) is 11.9 Å². The molecular weight excluding hydrogens is 364 g/mol. The average Bonchev–Trinajstić information content (AvgIpc) is 3.45. The third-order valence-electron chi connectivity index (χ3n) is 5.40. The molecule has 1 fully saturated rings. The molecule has 152 valence electrons. The summed E-state index contributed by atoms with van der Waals surface area (Å²) in [5.74, 6) is 1.39. The van der Waals surface area contributed by atoms with Crippen molar-refractivity contribution in [3.05, 3.63) is 52.6 Å². The second-order valence-corrected chi connectivity index (χ2v) is 7.84. The smallest absolute Gasteiger partial charge is 0.232 e. The molecule has 8 nitrogen and oxygen atoms in total. The minimum absolute atomic E-state index is 0.231. The molecule has 0 saturated heterocycles. The fourth-order valence-electron chi connectivity index (χ4n) is 3.60. The van der Waals surface area contributed by atoms with Gasteiger partial charge in [-0.25, -0.2) is 0 Å². The Morgan fingerprint density at radius 2 is 1.93 bits per heavy atom. The summed E-state index contributed by atoms with van der Waals surface area (Å²) in [5, 5.41) is 7.79. The Hall–Kier alpha value is -3.00. The number of nitrogens with two attached hydrogens (primary N) is 1. The Morgan fingerprint density at radius 3 is 2.59 bits per heavy atom. The molecule has 8 heteroatoms. The molecule has 2 aromatic heterocycles. The number of aryl methyl sites for hydroxylation is 3. The molecule has 0 bridgehead atoms. The van der Waals surface area contributed by atoms with E-state index in [4.69, 9.17) is 5.73 Å². The van der Waals surface area contributed by atoms with E-state index in [2.05, 4.69) is 44.1 Å². The van der Waals surface area contributed by atoms with Gasteiger partial charge in [0.15, 0.2) is 0 Å². The molecular formula is C21H28N8. The van der Waals surface area contributed by atoms with Crippen LogP contribution in [-0.2, 0) is 20.1 Å². The monoisotopic (exact) mass is 392 g/mol. The summed E-state index contributed by atoms with van der Waals surface area (Å²) in [5.41, 5.74) is 11.6. The molecule has 0 atom stereocenters. The highest BCUT2D eigenvalue weighted by Crippen LogP contribution is 2.30. The van der Waals surface area contributed by atoms with Gasteiger partial charge in [0.05, 0.1) is 12.2 Å². The van der Waals surface area contributed by atoms with Crippen LogP contribution in [0.25, 0.3) is 0 Å².